The number of nitrogens with two attached hydrogens (primary N) is 1. The molecule has 138 valence electrons. The Morgan fingerprint density at radius 3 is 2.46 bits per heavy atom. The summed E-state index contributed by atoms with van der Waals surface area (Å²) >= 11 is 0. The van der Waals surface area contributed by atoms with Crippen molar-refractivity contribution in [2.45, 2.75) is 38.0 Å². The lowest BCUT2D eigenvalue weighted by Gasteiger charge is -2.37. The first-order chi connectivity index (χ1) is 12.4. The van der Waals surface area contributed by atoms with E-state index in [1.165, 1.54) is 0 Å². The van der Waals surface area contributed by atoms with Crippen LogP contribution < -0.4 is 10.5 Å². The molecule has 1 aliphatic heterocycles. The molecule has 0 spiro atoms. The van der Waals surface area contributed by atoms with Gasteiger partial charge in [-0.1, -0.05) is 24.3 Å². The third-order valence-electron chi connectivity index (χ3n) is 5.31. The van der Waals surface area contributed by atoms with E-state index in [-0.39, 0.29) is 6.04 Å². The minimum Gasteiger partial charge on any atom is -0.497 e. The molecular weight excluding hydrogens is 328 g/mol. The van der Waals surface area contributed by atoms with E-state index in [2.05, 4.69) is 4.90 Å². The quantitative estimate of drug-likeness (QED) is 0.836. The standard InChI is InChI=1S/C21H26N2O3/c1-21(25,17-9-11-18(26-2)12-10-17)19-4-3-13-23(19)14-15-5-7-16(8-6-15)20(22)24/h5-12,19,25H,3-4,13-14H2,1-2H3,(H2,22,24)/t19-,21-/m1/s1. The van der Waals surface area contributed by atoms with Crippen LogP contribution in [-0.4, -0.2) is 35.6 Å². The largest absolute Gasteiger partial charge is 0.497 e. The first-order valence-corrected chi connectivity index (χ1v) is 8.91. The maximum atomic E-state index is 11.3. The van der Waals surface area contributed by atoms with Crippen LogP contribution in [-0.2, 0) is 12.1 Å². The highest BCUT2D eigenvalue weighted by Gasteiger charge is 2.40. The number of methoxy groups -OCH3 is 1. The van der Waals surface area contributed by atoms with E-state index in [1.807, 2.05) is 43.3 Å². The highest BCUT2D eigenvalue weighted by atomic mass is 16.5. The van der Waals surface area contributed by atoms with E-state index in [9.17, 15) is 9.90 Å². The predicted octanol–water partition coefficient (Wildman–Crippen LogP) is 2.67. The highest BCUT2D eigenvalue weighted by Crippen LogP contribution is 2.36. The van der Waals surface area contributed by atoms with Crippen molar-refractivity contribution in [2.75, 3.05) is 13.7 Å². The van der Waals surface area contributed by atoms with Crippen LogP contribution in [0.1, 0.15) is 41.3 Å². The second-order valence-corrected chi connectivity index (χ2v) is 7.07. The van der Waals surface area contributed by atoms with Gasteiger partial charge in [-0.05, 0) is 61.7 Å². The van der Waals surface area contributed by atoms with Gasteiger partial charge in [0.2, 0.25) is 5.91 Å². The molecule has 3 N–H and O–H groups in total. The molecule has 3 rings (SSSR count). The number of likely N-dealkylation sites (tertiary alicyclic amines) is 1. The van der Waals surface area contributed by atoms with Gasteiger partial charge in [-0.3, -0.25) is 9.69 Å². The molecule has 1 aliphatic rings. The Morgan fingerprint density at radius 1 is 1.23 bits per heavy atom. The number of ether oxygens (including phenoxy) is 1. The van der Waals surface area contributed by atoms with Crippen LogP contribution in [0.4, 0.5) is 0 Å². The van der Waals surface area contributed by atoms with Gasteiger partial charge < -0.3 is 15.6 Å². The van der Waals surface area contributed by atoms with E-state index in [0.29, 0.717) is 5.56 Å². The van der Waals surface area contributed by atoms with Crippen LogP contribution in [0.2, 0.25) is 0 Å². The van der Waals surface area contributed by atoms with Gasteiger partial charge in [-0.2, -0.15) is 0 Å². The Labute approximate surface area is 154 Å². The number of carbonyl (C=O) groups is 1. The monoisotopic (exact) mass is 354 g/mol. The van der Waals surface area contributed by atoms with E-state index >= 15 is 0 Å². The number of nitrogens with zero attached hydrogens (tertiary/aromatic N) is 1. The summed E-state index contributed by atoms with van der Waals surface area (Å²) < 4.78 is 5.21. The van der Waals surface area contributed by atoms with Crippen molar-refractivity contribution in [2.24, 2.45) is 5.73 Å². The molecule has 1 heterocycles. The number of carbonyl (C=O) groups excluding carboxylic acids is 1. The number of amides is 1. The van der Waals surface area contributed by atoms with Crippen LogP contribution >= 0.6 is 0 Å². The molecule has 1 saturated heterocycles. The van der Waals surface area contributed by atoms with Gasteiger partial charge in [0, 0.05) is 18.2 Å². The number of benzene rings is 2. The van der Waals surface area contributed by atoms with E-state index < -0.39 is 11.5 Å². The zero-order valence-electron chi connectivity index (χ0n) is 15.3. The van der Waals surface area contributed by atoms with Crippen LogP contribution in [0.15, 0.2) is 48.5 Å². The first kappa shape index (κ1) is 18.4. The summed E-state index contributed by atoms with van der Waals surface area (Å²) in [6.45, 7) is 3.55. The Balaban J connectivity index is 1.76. The molecule has 2 atom stereocenters. The van der Waals surface area contributed by atoms with Gasteiger partial charge in [0.05, 0.1) is 7.11 Å². The van der Waals surface area contributed by atoms with Crippen molar-refractivity contribution in [1.82, 2.24) is 4.90 Å². The molecular formula is C21H26N2O3. The fourth-order valence-corrected chi connectivity index (χ4v) is 3.78. The fourth-order valence-electron chi connectivity index (χ4n) is 3.78. The lowest BCUT2D eigenvalue weighted by Crippen LogP contribution is -2.45. The van der Waals surface area contributed by atoms with Crippen LogP contribution in [0, 0.1) is 0 Å². The van der Waals surface area contributed by atoms with Crippen LogP contribution in [0.5, 0.6) is 5.75 Å². The second kappa shape index (κ2) is 7.48. The molecule has 0 aliphatic carbocycles. The normalized spacial score (nSPS) is 19.9. The molecule has 5 nitrogen and oxygen atoms in total. The second-order valence-electron chi connectivity index (χ2n) is 7.07. The first-order valence-electron chi connectivity index (χ1n) is 8.91. The Kier molecular flexibility index (Phi) is 5.30. The fraction of sp³-hybridized carbons (Fsp3) is 0.381. The molecule has 2 aromatic carbocycles. The minimum absolute atomic E-state index is 0.0340. The maximum absolute atomic E-state index is 11.3. The Bertz CT molecular complexity index is 754. The zero-order valence-corrected chi connectivity index (χ0v) is 15.3. The summed E-state index contributed by atoms with van der Waals surface area (Å²) in [5.74, 6) is 0.361. The topological polar surface area (TPSA) is 75.8 Å². The van der Waals surface area contributed by atoms with Crippen molar-refractivity contribution in [3.63, 3.8) is 0 Å². The van der Waals surface area contributed by atoms with Gasteiger partial charge in [-0.25, -0.2) is 0 Å². The summed E-state index contributed by atoms with van der Waals surface area (Å²) in [6, 6.07) is 15.0. The molecule has 5 heteroatoms. The van der Waals surface area contributed by atoms with Gasteiger partial charge >= 0.3 is 0 Å². The third-order valence-corrected chi connectivity index (χ3v) is 5.31. The maximum Gasteiger partial charge on any atom is 0.248 e. The molecule has 26 heavy (non-hydrogen) atoms. The molecule has 2 aromatic rings. The molecule has 0 bridgehead atoms. The van der Waals surface area contributed by atoms with Gasteiger partial charge in [0.25, 0.3) is 0 Å². The van der Waals surface area contributed by atoms with Crippen LogP contribution in [0.3, 0.4) is 0 Å². The van der Waals surface area contributed by atoms with Crippen molar-refractivity contribution in [1.29, 1.82) is 0 Å². The Hall–Kier alpha value is -2.37. The molecule has 0 unspecified atom stereocenters. The van der Waals surface area contributed by atoms with E-state index in [4.69, 9.17) is 10.5 Å². The van der Waals surface area contributed by atoms with Crippen molar-refractivity contribution in [3.8, 4) is 5.75 Å². The zero-order chi connectivity index (χ0) is 18.7. The minimum atomic E-state index is -0.948. The third kappa shape index (κ3) is 3.74. The Morgan fingerprint density at radius 2 is 1.88 bits per heavy atom. The van der Waals surface area contributed by atoms with Gasteiger partial charge in [-0.15, -0.1) is 0 Å². The number of hydrogen-bond acceptors (Lipinski definition) is 4. The molecule has 1 fully saturated rings. The van der Waals surface area contributed by atoms with Crippen LogP contribution in [0.25, 0.3) is 0 Å². The molecule has 0 saturated carbocycles. The number of rotatable bonds is 6. The van der Waals surface area contributed by atoms with Gasteiger partial charge in [0.1, 0.15) is 11.4 Å². The average Bonchev–Trinajstić information content (AvgIpc) is 3.11. The smallest absolute Gasteiger partial charge is 0.248 e. The SMILES string of the molecule is COc1ccc([C@@](C)(O)[C@H]2CCCN2Cc2ccc(C(N)=O)cc2)cc1. The summed E-state index contributed by atoms with van der Waals surface area (Å²) in [6.07, 6.45) is 1.99. The summed E-state index contributed by atoms with van der Waals surface area (Å²) in [4.78, 5) is 13.5. The predicted molar refractivity (Wildman–Crippen MR) is 101 cm³/mol. The molecule has 1 amide bonds. The summed E-state index contributed by atoms with van der Waals surface area (Å²) in [5.41, 5.74) is 6.86. The molecule has 0 radical (unpaired) electrons. The number of aliphatic hydroxyl groups is 1. The van der Waals surface area contributed by atoms with Crippen molar-refractivity contribution >= 4 is 5.91 Å². The summed E-state index contributed by atoms with van der Waals surface area (Å²) in [5, 5.41) is 11.3. The van der Waals surface area contributed by atoms with E-state index in [0.717, 1.165) is 42.8 Å². The van der Waals surface area contributed by atoms with E-state index in [1.54, 1.807) is 19.2 Å². The lowest BCUT2D eigenvalue weighted by molar-refractivity contribution is -0.0254. The molecule has 0 aromatic heterocycles. The van der Waals surface area contributed by atoms with Gasteiger partial charge in [0.15, 0.2) is 0 Å². The lowest BCUT2D eigenvalue weighted by atomic mass is 9.86. The highest BCUT2D eigenvalue weighted by molar-refractivity contribution is 5.92. The summed E-state index contributed by atoms with van der Waals surface area (Å²) in [7, 11) is 1.63. The number of hydrogen-bond donors (Lipinski definition) is 2. The van der Waals surface area contributed by atoms with Crippen molar-refractivity contribution in [3.05, 3.63) is 65.2 Å². The van der Waals surface area contributed by atoms with Crippen molar-refractivity contribution < 1.29 is 14.6 Å². The average molecular weight is 354 g/mol. The number of primary amides is 1.